The normalized spacial score (nSPS) is 28.9. The predicted octanol–water partition coefficient (Wildman–Crippen LogP) is 3.49. The Hall–Kier alpha value is -3.03. The maximum atomic E-state index is 14.6. The highest BCUT2D eigenvalue weighted by Gasteiger charge is 2.50. The molecule has 0 bridgehead atoms. The monoisotopic (exact) mass is 712 g/mol. The number of benzene rings is 1. The van der Waals surface area contributed by atoms with E-state index in [1.165, 1.54) is 0 Å². The number of carbonyl (C=O) groups excluding carboxylic acids is 1. The fourth-order valence-electron chi connectivity index (χ4n) is 8.72. The van der Waals surface area contributed by atoms with Gasteiger partial charge in [-0.3, -0.25) is 14.7 Å². The van der Waals surface area contributed by atoms with E-state index in [1.807, 2.05) is 12.1 Å². The van der Waals surface area contributed by atoms with Crippen LogP contribution in [0.25, 0.3) is 0 Å². The van der Waals surface area contributed by atoms with Gasteiger partial charge in [0.15, 0.2) is 0 Å². The van der Waals surface area contributed by atoms with Crippen LogP contribution in [0.4, 0.5) is 10.2 Å². The Morgan fingerprint density at radius 2 is 2.00 bits per heavy atom. The number of fused-ring (bicyclic) bond motifs is 4. The number of nitrogens with one attached hydrogen (secondary N) is 1. The summed E-state index contributed by atoms with van der Waals surface area (Å²) >= 11 is 13.5. The van der Waals surface area contributed by atoms with E-state index >= 15 is 0 Å². The summed E-state index contributed by atoms with van der Waals surface area (Å²) < 4.78 is 27.8. The van der Waals surface area contributed by atoms with Crippen LogP contribution in [-0.2, 0) is 34.6 Å². The van der Waals surface area contributed by atoms with Gasteiger partial charge < -0.3 is 30.3 Å². The number of alkyl halides is 1. The first-order chi connectivity index (χ1) is 23.8. The first-order valence-electron chi connectivity index (χ1n) is 17.5. The molecule has 2 aromatic rings. The molecule has 11 nitrogen and oxygen atoms in total. The van der Waals surface area contributed by atoms with Crippen LogP contribution in [0, 0.1) is 0 Å². The molecular weight excluding hydrogens is 670 g/mol. The second-order valence-electron chi connectivity index (χ2n) is 14.2. The Morgan fingerprint density at radius 3 is 2.86 bits per heavy atom. The van der Waals surface area contributed by atoms with Crippen molar-refractivity contribution < 1.29 is 18.7 Å². The van der Waals surface area contributed by atoms with Gasteiger partial charge in [0.05, 0.1) is 40.7 Å². The summed E-state index contributed by atoms with van der Waals surface area (Å²) in [6.07, 6.45) is 4.47. The van der Waals surface area contributed by atoms with Gasteiger partial charge in [0.25, 0.3) is 5.91 Å². The van der Waals surface area contributed by atoms with Crippen LogP contribution in [0.3, 0.4) is 0 Å². The van der Waals surface area contributed by atoms with Crippen LogP contribution >= 0.6 is 23.2 Å². The van der Waals surface area contributed by atoms with E-state index in [-0.39, 0.29) is 28.2 Å². The zero-order valence-corrected chi connectivity index (χ0v) is 29.2. The van der Waals surface area contributed by atoms with Crippen LogP contribution in [0.15, 0.2) is 33.9 Å². The minimum atomic E-state index is -0.853. The third kappa shape index (κ3) is 6.07. The van der Waals surface area contributed by atoms with E-state index in [0.717, 1.165) is 66.1 Å². The number of piperazine rings is 1. The standard InChI is InChI=1S/C35H43Cl2FN8O3/c36-26-5-1-4-25-23(26)6-8-35(25)17-27-24(20-49-35)31(43-33(42-27)48-21-34-7-2-13-46(34)18-22(38)16-34)45-12-3-9-41-28(19-45)29(37)30(39)32(47)44-14-10-40-11-15-44/h1,4-5,22,40H,2-3,6-21,39H2/t22?,34-,35-/m0/s1. The Kier molecular flexibility index (Phi) is 8.97. The summed E-state index contributed by atoms with van der Waals surface area (Å²) in [6.45, 7) is 6.04. The van der Waals surface area contributed by atoms with Gasteiger partial charge in [-0.15, -0.1) is 0 Å². The van der Waals surface area contributed by atoms with E-state index in [9.17, 15) is 9.18 Å². The average molecular weight is 714 g/mol. The van der Waals surface area contributed by atoms with Gasteiger partial charge >= 0.3 is 6.01 Å². The second-order valence-corrected chi connectivity index (χ2v) is 15.0. The fraction of sp³-hybridized carbons (Fsp3) is 0.600. The molecule has 1 unspecified atom stereocenters. The molecule has 6 aliphatic rings. The number of rotatable bonds is 6. The molecule has 0 radical (unpaired) electrons. The zero-order chi connectivity index (χ0) is 33.8. The minimum Gasteiger partial charge on any atom is -0.461 e. The molecule has 3 atom stereocenters. The predicted molar refractivity (Wildman–Crippen MR) is 186 cm³/mol. The third-order valence-electron chi connectivity index (χ3n) is 11.3. The molecule has 1 amide bonds. The molecule has 262 valence electrons. The lowest BCUT2D eigenvalue weighted by atomic mass is 9.87. The SMILES string of the molecule is NC(C(=O)N1CCNCC1)=C(Cl)C1=NCCCN(c2nc(OC[C@@]34CCCN3CC(F)C4)nc3c2CO[C@@]2(CCc4c(Cl)cccc42)C3)C1. The van der Waals surface area contributed by atoms with Gasteiger partial charge in [-0.25, -0.2) is 4.39 Å². The lowest BCUT2D eigenvalue weighted by Gasteiger charge is -2.37. The van der Waals surface area contributed by atoms with Crippen molar-refractivity contribution in [1.29, 1.82) is 0 Å². The van der Waals surface area contributed by atoms with Gasteiger partial charge in [-0.1, -0.05) is 35.3 Å². The van der Waals surface area contributed by atoms with E-state index in [1.54, 1.807) is 4.90 Å². The average Bonchev–Trinajstić information content (AvgIpc) is 3.69. The fourth-order valence-corrected chi connectivity index (χ4v) is 9.19. The number of aliphatic imine (C=N–C) groups is 1. The molecule has 1 aromatic heterocycles. The highest BCUT2D eigenvalue weighted by molar-refractivity contribution is 6.45. The summed E-state index contributed by atoms with van der Waals surface area (Å²) in [5.41, 5.74) is 10.1. The van der Waals surface area contributed by atoms with E-state index in [0.29, 0.717) is 89.9 Å². The number of nitrogens with zero attached hydrogens (tertiary/aromatic N) is 6. The van der Waals surface area contributed by atoms with Crippen LogP contribution < -0.4 is 20.7 Å². The number of amides is 1. The lowest BCUT2D eigenvalue weighted by molar-refractivity contribution is -0.127. The molecule has 14 heteroatoms. The Balaban J connectivity index is 1.12. The lowest BCUT2D eigenvalue weighted by Crippen LogP contribution is -2.48. The van der Waals surface area contributed by atoms with Gasteiger partial charge in [0.2, 0.25) is 0 Å². The molecule has 1 aliphatic carbocycles. The third-order valence-corrected chi connectivity index (χ3v) is 12.0. The summed E-state index contributed by atoms with van der Waals surface area (Å²) in [4.78, 5) is 34.1. The summed E-state index contributed by atoms with van der Waals surface area (Å²) in [5.74, 6) is 0.416. The molecule has 1 spiro atoms. The first kappa shape index (κ1) is 33.1. The van der Waals surface area contributed by atoms with E-state index in [4.69, 9.17) is 53.4 Å². The van der Waals surface area contributed by atoms with Crippen LogP contribution in [-0.4, -0.2) is 109 Å². The van der Waals surface area contributed by atoms with E-state index in [2.05, 4.69) is 21.2 Å². The molecule has 6 heterocycles. The van der Waals surface area contributed by atoms with Crippen LogP contribution in [0.5, 0.6) is 6.01 Å². The molecule has 49 heavy (non-hydrogen) atoms. The Labute approximate surface area is 296 Å². The molecule has 3 saturated heterocycles. The largest absolute Gasteiger partial charge is 0.461 e. The highest BCUT2D eigenvalue weighted by Crippen LogP contribution is 2.49. The summed E-state index contributed by atoms with van der Waals surface area (Å²) in [7, 11) is 0. The Bertz CT molecular complexity index is 1700. The van der Waals surface area contributed by atoms with Crippen molar-refractivity contribution in [2.24, 2.45) is 10.7 Å². The molecule has 0 saturated carbocycles. The topological polar surface area (TPSA) is 121 Å². The molecule has 5 aliphatic heterocycles. The van der Waals surface area contributed by atoms with Crippen molar-refractivity contribution in [2.45, 2.75) is 68.9 Å². The first-order valence-corrected chi connectivity index (χ1v) is 18.3. The van der Waals surface area contributed by atoms with Crippen LogP contribution in [0.1, 0.15) is 54.5 Å². The molecule has 3 N–H and O–H groups in total. The molecule has 3 fully saturated rings. The van der Waals surface area contributed by atoms with Crippen molar-refractivity contribution in [3.8, 4) is 6.01 Å². The molecule has 8 rings (SSSR count). The number of carbonyl (C=O) groups is 1. The van der Waals surface area contributed by atoms with Gasteiger partial charge in [0.1, 0.15) is 24.3 Å². The Morgan fingerprint density at radius 1 is 1.14 bits per heavy atom. The van der Waals surface area contributed by atoms with Crippen molar-refractivity contribution in [3.05, 3.63) is 56.3 Å². The van der Waals surface area contributed by atoms with Crippen molar-refractivity contribution >= 4 is 40.6 Å². The number of hydrogen-bond donors (Lipinski definition) is 2. The maximum Gasteiger partial charge on any atom is 0.318 e. The van der Waals surface area contributed by atoms with Crippen LogP contribution in [0.2, 0.25) is 5.02 Å². The second kappa shape index (κ2) is 13.3. The summed E-state index contributed by atoms with van der Waals surface area (Å²) in [6, 6.07) is 6.29. The molecule has 1 aromatic carbocycles. The maximum absolute atomic E-state index is 14.6. The number of aromatic nitrogens is 2. The zero-order valence-electron chi connectivity index (χ0n) is 27.7. The van der Waals surface area contributed by atoms with Gasteiger partial charge in [0, 0.05) is 69.2 Å². The van der Waals surface area contributed by atoms with E-state index < -0.39 is 11.8 Å². The molecular formula is C35H43Cl2FN8O3. The van der Waals surface area contributed by atoms with Gasteiger partial charge in [-0.2, -0.15) is 9.97 Å². The van der Waals surface area contributed by atoms with Gasteiger partial charge in [-0.05, 0) is 55.8 Å². The highest BCUT2D eigenvalue weighted by atomic mass is 35.5. The van der Waals surface area contributed by atoms with Crippen molar-refractivity contribution in [3.63, 3.8) is 0 Å². The van der Waals surface area contributed by atoms with Crippen molar-refractivity contribution in [1.82, 2.24) is 25.1 Å². The number of ether oxygens (including phenoxy) is 2. The smallest absolute Gasteiger partial charge is 0.318 e. The number of hydrogen-bond acceptors (Lipinski definition) is 10. The minimum absolute atomic E-state index is 0.00449. The van der Waals surface area contributed by atoms with Crippen molar-refractivity contribution in [2.75, 3.05) is 70.4 Å². The summed E-state index contributed by atoms with van der Waals surface area (Å²) in [5, 5.41) is 4.18. The number of nitrogens with two attached hydrogens (primary N) is 1. The number of halogens is 3. The quantitative estimate of drug-likeness (QED) is 0.434. The number of anilines is 1.